The molecule has 0 aromatic carbocycles. The smallest absolute Gasteiger partial charge is 0.229 e. The fourth-order valence-electron chi connectivity index (χ4n) is 1.56. The van der Waals surface area contributed by atoms with E-state index in [2.05, 4.69) is 20.3 Å². The van der Waals surface area contributed by atoms with Crippen LogP contribution in [0.2, 0.25) is 0 Å². The summed E-state index contributed by atoms with van der Waals surface area (Å²) in [5, 5.41) is 3.11. The second-order valence-electron chi connectivity index (χ2n) is 3.90. The fraction of sp³-hybridized carbons (Fsp3) is 0.308. The van der Waals surface area contributed by atoms with Gasteiger partial charge in [0.25, 0.3) is 0 Å². The summed E-state index contributed by atoms with van der Waals surface area (Å²) >= 11 is 0. The summed E-state index contributed by atoms with van der Waals surface area (Å²) in [6.07, 6.45) is 1.76. The number of pyridine rings is 1. The molecule has 0 fully saturated rings. The average Bonchev–Trinajstić information content (AvgIpc) is 2.46. The molecule has 2 aromatic rings. The number of aryl methyl sites for hydroxylation is 1. The van der Waals surface area contributed by atoms with Crippen molar-refractivity contribution < 1.29 is 9.47 Å². The molecule has 0 aliphatic heterocycles. The zero-order valence-electron chi connectivity index (χ0n) is 11.2. The maximum absolute atomic E-state index is 5.09. The molecule has 2 aromatic heterocycles. The summed E-state index contributed by atoms with van der Waals surface area (Å²) in [4.78, 5) is 12.7. The Bertz CT molecular complexity index is 538. The lowest BCUT2D eigenvalue weighted by Gasteiger charge is -2.09. The lowest BCUT2D eigenvalue weighted by Crippen LogP contribution is -2.07. The van der Waals surface area contributed by atoms with E-state index in [0.29, 0.717) is 24.3 Å². The first-order valence-corrected chi connectivity index (χ1v) is 5.84. The van der Waals surface area contributed by atoms with Crippen LogP contribution in [0.4, 0.5) is 5.95 Å². The van der Waals surface area contributed by atoms with Gasteiger partial charge in [-0.1, -0.05) is 6.07 Å². The fourth-order valence-corrected chi connectivity index (χ4v) is 1.56. The number of nitrogens with zero attached hydrogens (tertiary/aromatic N) is 3. The molecule has 1 N–H and O–H groups in total. The van der Waals surface area contributed by atoms with Crippen molar-refractivity contribution in [1.82, 2.24) is 15.0 Å². The summed E-state index contributed by atoms with van der Waals surface area (Å²) in [6, 6.07) is 5.54. The minimum Gasteiger partial charge on any atom is -0.481 e. The molecule has 0 saturated heterocycles. The number of aromatic nitrogens is 3. The van der Waals surface area contributed by atoms with Gasteiger partial charge in [0.2, 0.25) is 17.7 Å². The van der Waals surface area contributed by atoms with E-state index in [-0.39, 0.29) is 0 Å². The van der Waals surface area contributed by atoms with Crippen molar-refractivity contribution in [2.75, 3.05) is 19.5 Å². The van der Waals surface area contributed by atoms with E-state index in [1.54, 1.807) is 26.5 Å². The highest BCUT2D eigenvalue weighted by Gasteiger charge is 2.06. The Hall–Kier alpha value is -2.37. The van der Waals surface area contributed by atoms with E-state index < -0.39 is 0 Å². The molecule has 6 nitrogen and oxygen atoms in total. The van der Waals surface area contributed by atoms with E-state index in [4.69, 9.17) is 9.47 Å². The van der Waals surface area contributed by atoms with Crippen molar-refractivity contribution in [3.8, 4) is 11.8 Å². The molecular weight excluding hydrogens is 244 g/mol. The van der Waals surface area contributed by atoms with Crippen LogP contribution in [0, 0.1) is 6.92 Å². The van der Waals surface area contributed by atoms with E-state index in [9.17, 15) is 0 Å². The third-order valence-electron chi connectivity index (χ3n) is 2.63. The first-order chi connectivity index (χ1) is 9.22. The maximum Gasteiger partial charge on any atom is 0.229 e. The first kappa shape index (κ1) is 13.1. The molecule has 0 spiro atoms. The van der Waals surface area contributed by atoms with Crippen LogP contribution in [-0.2, 0) is 6.54 Å². The molecule has 6 heteroatoms. The Morgan fingerprint density at radius 1 is 1.16 bits per heavy atom. The summed E-state index contributed by atoms with van der Waals surface area (Å²) in [6.45, 7) is 2.56. The minimum absolute atomic E-state index is 0.446. The number of nitrogens with one attached hydrogen (secondary N) is 1. The molecule has 19 heavy (non-hydrogen) atoms. The van der Waals surface area contributed by atoms with Crippen LogP contribution in [-0.4, -0.2) is 29.2 Å². The molecule has 0 amide bonds. The number of ether oxygens (including phenoxy) is 2. The lowest BCUT2D eigenvalue weighted by atomic mass is 10.2. The van der Waals surface area contributed by atoms with Gasteiger partial charge in [-0.25, -0.2) is 0 Å². The highest BCUT2D eigenvalue weighted by atomic mass is 16.5. The van der Waals surface area contributed by atoms with Gasteiger partial charge in [0.1, 0.15) is 0 Å². The molecule has 0 radical (unpaired) electrons. The summed E-state index contributed by atoms with van der Waals surface area (Å²) in [5.74, 6) is 1.35. The predicted octanol–water partition coefficient (Wildman–Crippen LogP) is 1.81. The molecule has 2 rings (SSSR count). The van der Waals surface area contributed by atoms with Gasteiger partial charge in [0.05, 0.1) is 32.5 Å². The molecule has 2 heterocycles. The Morgan fingerprint density at radius 3 is 2.42 bits per heavy atom. The second-order valence-corrected chi connectivity index (χ2v) is 3.90. The van der Waals surface area contributed by atoms with Crippen LogP contribution in [0.3, 0.4) is 0 Å². The van der Waals surface area contributed by atoms with E-state index in [0.717, 1.165) is 11.3 Å². The third-order valence-corrected chi connectivity index (χ3v) is 2.63. The SMILES string of the molecule is COc1cc(OC)nc(NCc2ncccc2C)n1. The number of hydrogen-bond acceptors (Lipinski definition) is 6. The monoisotopic (exact) mass is 260 g/mol. The zero-order chi connectivity index (χ0) is 13.7. The predicted molar refractivity (Wildman–Crippen MR) is 71.4 cm³/mol. The first-order valence-electron chi connectivity index (χ1n) is 5.84. The van der Waals surface area contributed by atoms with Crippen LogP contribution in [0.5, 0.6) is 11.8 Å². The van der Waals surface area contributed by atoms with Gasteiger partial charge in [-0.05, 0) is 18.6 Å². The maximum atomic E-state index is 5.09. The summed E-state index contributed by atoms with van der Waals surface area (Å²) in [7, 11) is 3.10. The van der Waals surface area contributed by atoms with Crippen molar-refractivity contribution in [2.45, 2.75) is 13.5 Å². The zero-order valence-corrected chi connectivity index (χ0v) is 11.2. The summed E-state index contributed by atoms with van der Waals surface area (Å²) < 4.78 is 10.2. The molecule has 0 aliphatic carbocycles. The van der Waals surface area contributed by atoms with Gasteiger partial charge in [-0.2, -0.15) is 9.97 Å². The number of anilines is 1. The van der Waals surface area contributed by atoms with Crippen molar-refractivity contribution >= 4 is 5.95 Å². The normalized spacial score (nSPS) is 10.1. The number of methoxy groups -OCH3 is 2. The van der Waals surface area contributed by atoms with E-state index in [1.165, 1.54) is 0 Å². The Balaban J connectivity index is 2.13. The molecule has 0 unspecified atom stereocenters. The standard InChI is InChI=1S/C13H16N4O2/c1-9-5-4-6-14-10(9)8-15-13-16-11(18-2)7-12(17-13)19-3/h4-7H,8H2,1-3H3,(H,15,16,17). The van der Waals surface area contributed by atoms with E-state index >= 15 is 0 Å². The highest BCUT2D eigenvalue weighted by molar-refractivity contribution is 5.34. The molecule has 100 valence electrons. The second kappa shape index (κ2) is 5.99. The van der Waals surface area contributed by atoms with Gasteiger partial charge in [0.15, 0.2) is 0 Å². The third kappa shape index (κ3) is 3.31. The topological polar surface area (TPSA) is 69.2 Å². The molecule has 0 atom stereocenters. The summed E-state index contributed by atoms with van der Waals surface area (Å²) in [5.41, 5.74) is 2.07. The van der Waals surface area contributed by atoms with Gasteiger partial charge in [-0.3, -0.25) is 4.98 Å². The van der Waals surface area contributed by atoms with Gasteiger partial charge >= 0.3 is 0 Å². The van der Waals surface area contributed by atoms with E-state index in [1.807, 2.05) is 19.1 Å². The molecular formula is C13H16N4O2. The molecule has 0 saturated carbocycles. The largest absolute Gasteiger partial charge is 0.481 e. The van der Waals surface area contributed by atoms with Crippen LogP contribution < -0.4 is 14.8 Å². The van der Waals surface area contributed by atoms with Gasteiger partial charge in [-0.15, -0.1) is 0 Å². The van der Waals surface area contributed by atoms with Crippen molar-refractivity contribution in [3.05, 3.63) is 35.7 Å². The Morgan fingerprint density at radius 2 is 1.84 bits per heavy atom. The molecule has 0 bridgehead atoms. The van der Waals surface area contributed by atoms with Crippen LogP contribution >= 0.6 is 0 Å². The Labute approximate surface area is 111 Å². The van der Waals surface area contributed by atoms with Gasteiger partial charge in [0, 0.05) is 6.20 Å². The average molecular weight is 260 g/mol. The number of rotatable bonds is 5. The van der Waals surface area contributed by atoms with Crippen molar-refractivity contribution in [3.63, 3.8) is 0 Å². The lowest BCUT2D eigenvalue weighted by molar-refractivity contribution is 0.373. The minimum atomic E-state index is 0.446. The van der Waals surface area contributed by atoms with Crippen LogP contribution in [0.25, 0.3) is 0 Å². The van der Waals surface area contributed by atoms with Gasteiger partial charge < -0.3 is 14.8 Å². The Kier molecular flexibility index (Phi) is 4.12. The van der Waals surface area contributed by atoms with Crippen molar-refractivity contribution in [1.29, 1.82) is 0 Å². The highest BCUT2D eigenvalue weighted by Crippen LogP contribution is 2.17. The van der Waals surface area contributed by atoms with Crippen LogP contribution in [0.15, 0.2) is 24.4 Å². The number of hydrogen-bond donors (Lipinski definition) is 1. The van der Waals surface area contributed by atoms with Crippen LogP contribution in [0.1, 0.15) is 11.3 Å². The quantitative estimate of drug-likeness (QED) is 0.884. The van der Waals surface area contributed by atoms with Crippen molar-refractivity contribution in [2.24, 2.45) is 0 Å². The molecule has 0 aliphatic rings.